The molecule has 142 valence electrons. The Morgan fingerprint density at radius 2 is 2.18 bits per heavy atom. The molecule has 2 unspecified atom stereocenters. The zero-order chi connectivity index (χ0) is 19.7. The van der Waals surface area contributed by atoms with Crippen LogP contribution >= 0.6 is 22.6 Å². The summed E-state index contributed by atoms with van der Waals surface area (Å²) in [6, 6.07) is 6.92. The van der Waals surface area contributed by atoms with E-state index < -0.39 is 0 Å². The van der Waals surface area contributed by atoms with E-state index in [2.05, 4.69) is 38.0 Å². The zero-order valence-electron chi connectivity index (χ0n) is 14.7. The normalized spacial score (nSPS) is 20.1. The minimum absolute atomic E-state index is 0.0109. The van der Waals surface area contributed by atoms with Gasteiger partial charge in [-0.2, -0.15) is 5.10 Å². The average molecular weight is 489 g/mol. The highest BCUT2D eigenvalue weighted by atomic mass is 127. The lowest BCUT2D eigenvalue weighted by Gasteiger charge is -2.26. The molecule has 4 rings (SSSR count). The molecule has 0 saturated carbocycles. The van der Waals surface area contributed by atoms with E-state index in [0.717, 1.165) is 9.13 Å². The van der Waals surface area contributed by atoms with Crippen LogP contribution in [0.2, 0.25) is 0 Å². The third kappa shape index (κ3) is 3.91. The highest BCUT2D eigenvalue weighted by molar-refractivity contribution is 14.1. The molecule has 2 aromatic rings. The molecule has 0 spiro atoms. The second kappa shape index (κ2) is 7.70. The molecule has 3 N–H and O–H groups in total. The van der Waals surface area contributed by atoms with Gasteiger partial charge in [-0.3, -0.25) is 14.8 Å². The maximum atomic E-state index is 13.3. The monoisotopic (exact) mass is 489 g/mol. The highest BCUT2D eigenvalue weighted by Crippen LogP contribution is 2.28. The number of nitrogen functional groups attached to an aromatic ring is 1. The van der Waals surface area contributed by atoms with Crippen molar-refractivity contribution in [2.24, 2.45) is 11.0 Å². The number of benzene rings is 1. The first kappa shape index (κ1) is 18.6. The number of hydrogen-bond donors (Lipinski definition) is 2. The minimum Gasteiger partial charge on any atom is -0.397 e. The number of fused-ring (bicyclic) bond motifs is 1. The summed E-state index contributed by atoms with van der Waals surface area (Å²) < 4.78 is 14.4. The molecule has 0 fully saturated rings. The van der Waals surface area contributed by atoms with Gasteiger partial charge in [0.2, 0.25) is 0 Å². The quantitative estimate of drug-likeness (QED) is 0.510. The van der Waals surface area contributed by atoms with Crippen molar-refractivity contribution in [3.8, 4) is 0 Å². The van der Waals surface area contributed by atoms with E-state index in [9.17, 15) is 9.18 Å². The Kier molecular flexibility index (Phi) is 5.12. The smallest absolute Gasteiger partial charge is 0.255 e. The van der Waals surface area contributed by atoms with Crippen LogP contribution in [-0.4, -0.2) is 28.2 Å². The molecule has 2 heterocycles. The molecule has 28 heavy (non-hydrogen) atoms. The Morgan fingerprint density at radius 3 is 2.96 bits per heavy atom. The number of anilines is 2. The van der Waals surface area contributed by atoms with Gasteiger partial charge >= 0.3 is 0 Å². The van der Waals surface area contributed by atoms with E-state index in [1.807, 2.05) is 23.2 Å². The van der Waals surface area contributed by atoms with Crippen molar-refractivity contribution in [2.75, 3.05) is 11.1 Å². The lowest BCUT2D eigenvalue weighted by atomic mass is 9.92. The number of rotatable bonds is 4. The maximum absolute atomic E-state index is 13.3. The molecule has 1 amide bonds. The number of nitrogens with zero attached hydrogens (tertiary/aromatic N) is 3. The summed E-state index contributed by atoms with van der Waals surface area (Å²) in [7, 11) is 0. The van der Waals surface area contributed by atoms with Crippen molar-refractivity contribution < 1.29 is 9.18 Å². The lowest BCUT2D eigenvalue weighted by molar-refractivity contribution is -0.112. The van der Waals surface area contributed by atoms with E-state index in [0.29, 0.717) is 23.5 Å². The third-order valence-corrected chi connectivity index (χ3v) is 5.27. The van der Waals surface area contributed by atoms with E-state index in [4.69, 9.17) is 5.73 Å². The van der Waals surface area contributed by atoms with E-state index >= 15 is 0 Å². The topological polar surface area (TPSA) is 83.6 Å². The van der Waals surface area contributed by atoms with E-state index in [1.54, 1.807) is 30.6 Å². The molecule has 2 aliphatic rings. The summed E-state index contributed by atoms with van der Waals surface area (Å²) in [5.41, 5.74) is 8.38. The third-order valence-electron chi connectivity index (χ3n) is 4.60. The van der Waals surface area contributed by atoms with Gasteiger partial charge < -0.3 is 11.1 Å². The molecule has 2 atom stereocenters. The number of pyridine rings is 1. The second-order valence-electron chi connectivity index (χ2n) is 6.61. The fraction of sp³-hybridized carbons (Fsp3) is 0.150. The molecule has 1 aliphatic carbocycles. The molecule has 1 aromatic carbocycles. The van der Waals surface area contributed by atoms with Crippen molar-refractivity contribution in [3.05, 3.63) is 75.4 Å². The summed E-state index contributed by atoms with van der Waals surface area (Å²) in [5, 5.41) is 9.13. The summed E-state index contributed by atoms with van der Waals surface area (Å²) in [4.78, 5) is 16.5. The first-order valence-electron chi connectivity index (χ1n) is 8.66. The first-order chi connectivity index (χ1) is 13.5. The molecular formula is C20H17FIN5O. The van der Waals surface area contributed by atoms with E-state index in [-0.39, 0.29) is 23.7 Å². The Bertz CT molecular complexity index is 1020. The molecule has 1 aliphatic heterocycles. The molecule has 6 nitrogen and oxygen atoms in total. The van der Waals surface area contributed by atoms with Crippen molar-refractivity contribution in [1.29, 1.82) is 0 Å². The van der Waals surface area contributed by atoms with Crippen LogP contribution in [0.15, 0.2) is 65.6 Å². The molecule has 8 heteroatoms. The van der Waals surface area contributed by atoms with Crippen LogP contribution in [0.5, 0.6) is 0 Å². The summed E-state index contributed by atoms with van der Waals surface area (Å²) in [6.45, 7) is 0.446. The first-order valence-corrected chi connectivity index (χ1v) is 9.74. The van der Waals surface area contributed by atoms with Crippen molar-refractivity contribution in [3.63, 3.8) is 0 Å². The van der Waals surface area contributed by atoms with Crippen LogP contribution in [-0.2, 0) is 11.3 Å². The summed E-state index contributed by atoms with van der Waals surface area (Å²) in [5.74, 6) is -0.615. The molecule has 1 aromatic heterocycles. The van der Waals surface area contributed by atoms with Crippen LogP contribution in [0.4, 0.5) is 15.8 Å². The fourth-order valence-corrected chi connectivity index (χ4v) is 3.75. The Morgan fingerprint density at radius 1 is 1.32 bits per heavy atom. The standard InChI is InChI=1S/C20H17FIN5O/c21-15-5-12(8-24-10-15)11-27-19-4-1-13(6-14(19)9-25-27)20(28)26-18-3-2-16(22)7-17(18)23/h1-10,14,19H,11,23H2,(H,26,28). The predicted octanol–water partition coefficient (Wildman–Crippen LogP) is 3.33. The van der Waals surface area contributed by atoms with E-state index in [1.165, 1.54) is 12.3 Å². The minimum atomic E-state index is -0.370. The van der Waals surface area contributed by atoms with Crippen LogP contribution in [0, 0.1) is 15.3 Å². The largest absolute Gasteiger partial charge is 0.397 e. The predicted molar refractivity (Wildman–Crippen MR) is 115 cm³/mol. The van der Waals surface area contributed by atoms with Gasteiger partial charge in [-0.05, 0) is 52.4 Å². The molecule has 0 saturated heterocycles. The van der Waals surface area contributed by atoms with Gasteiger partial charge in [0.05, 0.1) is 30.2 Å². The molecule has 0 bridgehead atoms. The zero-order valence-corrected chi connectivity index (χ0v) is 16.9. The Balaban J connectivity index is 1.44. The fourth-order valence-electron chi connectivity index (χ4n) is 3.23. The average Bonchev–Trinajstić information content (AvgIpc) is 3.06. The summed E-state index contributed by atoms with van der Waals surface area (Å²) >= 11 is 2.17. The number of aromatic nitrogens is 1. The number of hydrazone groups is 1. The molecular weight excluding hydrogens is 472 g/mol. The van der Waals surface area contributed by atoms with Gasteiger partial charge in [0.1, 0.15) is 5.82 Å². The molecule has 0 radical (unpaired) electrons. The van der Waals surface area contributed by atoms with Crippen molar-refractivity contribution >= 4 is 46.1 Å². The van der Waals surface area contributed by atoms with Gasteiger partial charge in [-0.15, -0.1) is 0 Å². The van der Waals surface area contributed by atoms with Crippen molar-refractivity contribution in [2.45, 2.75) is 12.6 Å². The number of carbonyl (C=O) groups is 1. The number of carbonyl (C=O) groups excluding carboxylic acids is 1. The lowest BCUT2D eigenvalue weighted by Crippen LogP contribution is -2.32. The number of halogens is 2. The van der Waals surface area contributed by atoms with Crippen LogP contribution in [0.1, 0.15) is 5.56 Å². The van der Waals surface area contributed by atoms with Crippen LogP contribution < -0.4 is 11.1 Å². The van der Waals surface area contributed by atoms with Gasteiger partial charge in [-0.25, -0.2) is 4.39 Å². The van der Waals surface area contributed by atoms with Gasteiger partial charge in [-0.1, -0.05) is 18.2 Å². The number of hydrogen-bond acceptors (Lipinski definition) is 5. The SMILES string of the molecule is Nc1cc(I)ccc1NC(=O)C1=CC2C=NN(Cc3cncc(F)c3)C2C=C1. The number of nitrogens with one attached hydrogen (secondary N) is 1. The maximum Gasteiger partial charge on any atom is 0.255 e. The van der Waals surface area contributed by atoms with Gasteiger partial charge in [0.25, 0.3) is 5.91 Å². The number of nitrogens with two attached hydrogens (primary N) is 1. The van der Waals surface area contributed by atoms with Crippen LogP contribution in [0.25, 0.3) is 0 Å². The van der Waals surface area contributed by atoms with Gasteiger partial charge in [0.15, 0.2) is 0 Å². The van der Waals surface area contributed by atoms with Gasteiger partial charge in [0, 0.05) is 27.5 Å². The summed E-state index contributed by atoms with van der Waals surface area (Å²) in [6.07, 6.45) is 10.2. The highest BCUT2D eigenvalue weighted by Gasteiger charge is 2.31. The van der Waals surface area contributed by atoms with Crippen molar-refractivity contribution in [1.82, 2.24) is 9.99 Å². The Hall–Kier alpha value is -2.75. The number of amides is 1. The Labute approximate surface area is 175 Å². The van der Waals surface area contributed by atoms with Crippen LogP contribution in [0.3, 0.4) is 0 Å². The second-order valence-corrected chi connectivity index (χ2v) is 7.85.